The van der Waals surface area contributed by atoms with Crippen molar-refractivity contribution in [2.45, 2.75) is 40.7 Å². The van der Waals surface area contributed by atoms with E-state index in [1.807, 2.05) is 51.1 Å². The predicted molar refractivity (Wildman–Crippen MR) is 100 cm³/mol. The number of aryl methyl sites for hydroxylation is 2. The molecule has 0 radical (unpaired) electrons. The first-order valence-electron chi connectivity index (χ1n) is 8.59. The number of nitrogens with one attached hydrogen (secondary N) is 1. The number of hydrogen-bond donors (Lipinski definition) is 1. The molecule has 0 aliphatic carbocycles. The van der Waals surface area contributed by atoms with Gasteiger partial charge in [0.05, 0.1) is 6.54 Å². The van der Waals surface area contributed by atoms with Gasteiger partial charge in [0.2, 0.25) is 0 Å². The Kier molecular flexibility index (Phi) is 6.45. The van der Waals surface area contributed by atoms with Crippen LogP contribution in [0.4, 0.5) is 0 Å². The number of rotatable bonds is 7. The van der Waals surface area contributed by atoms with E-state index in [4.69, 9.17) is 9.47 Å². The fourth-order valence-corrected chi connectivity index (χ4v) is 2.46. The average molecular weight is 341 g/mol. The molecule has 1 atom stereocenters. The minimum atomic E-state index is -0.554. The second-order valence-corrected chi connectivity index (χ2v) is 6.30. The number of hydrogen-bond acceptors (Lipinski definition) is 3. The van der Waals surface area contributed by atoms with Crippen LogP contribution in [0.15, 0.2) is 36.4 Å². The minimum Gasteiger partial charge on any atom is -0.491 e. The lowest BCUT2D eigenvalue weighted by molar-refractivity contribution is -0.127. The van der Waals surface area contributed by atoms with E-state index in [0.29, 0.717) is 13.2 Å². The molecular weight excluding hydrogens is 314 g/mol. The summed E-state index contributed by atoms with van der Waals surface area (Å²) < 4.78 is 11.5. The molecule has 0 aliphatic heterocycles. The molecule has 0 saturated carbocycles. The van der Waals surface area contributed by atoms with E-state index in [1.54, 1.807) is 6.92 Å². The van der Waals surface area contributed by atoms with E-state index >= 15 is 0 Å². The zero-order chi connectivity index (χ0) is 18.4. The molecule has 134 valence electrons. The van der Waals surface area contributed by atoms with Crippen LogP contribution in [0.1, 0.15) is 29.2 Å². The zero-order valence-corrected chi connectivity index (χ0v) is 15.7. The lowest BCUT2D eigenvalue weighted by Gasteiger charge is -2.17. The molecule has 4 heteroatoms. The van der Waals surface area contributed by atoms with Gasteiger partial charge >= 0.3 is 0 Å². The Morgan fingerprint density at radius 1 is 0.960 bits per heavy atom. The van der Waals surface area contributed by atoms with Gasteiger partial charge in [0.1, 0.15) is 18.1 Å². The minimum absolute atomic E-state index is 0.148. The topological polar surface area (TPSA) is 47.6 Å². The fourth-order valence-electron chi connectivity index (χ4n) is 2.46. The SMILES string of the molecule is Cc1cccc(OCCNC(=O)[C@H](C)Oc2cccc(C)c2C)c1C. The summed E-state index contributed by atoms with van der Waals surface area (Å²) >= 11 is 0. The highest BCUT2D eigenvalue weighted by molar-refractivity contribution is 5.80. The smallest absolute Gasteiger partial charge is 0.260 e. The predicted octanol–water partition coefficient (Wildman–Crippen LogP) is 3.88. The number of amides is 1. The van der Waals surface area contributed by atoms with Crippen molar-refractivity contribution in [3.05, 3.63) is 58.7 Å². The van der Waals surface area contributed by atoms with Gasteiger partial charge in [-0.2, -0.15) is 0 Å². The summed E-state index contributed by atoms with van der Waals surface area (Å²) in [5.41, 5.74) is 4.52. The maximum Gasteiger partial charge on any atom is 0.260 e. The third kappa shape index (κ3) is 4.99. The summed E-state index contributed by atoms with van der Waals surface area (Å²) in [6.07, 6.45) is -0.554. The molecule has 0 saturated heterocycles. The van der Waals surface area contributed by atoms with E-state index in [2.05, 4.69) is 18.3 Å². The maximum absolute atomic E-state index is 12.2. The van der Waals surface area contributed by atoms with Crippen LogP contribution in [0.3, 0.4) is 0 Å². The molecule has 2 rings (SSSR count). The van der Waals surface area contributed by atoms with Gasteiger partial charge in [-0.3, -0.25) is 4.79 Å². The number of carbonyl (C=O) groups excluding carboxylic acids is 1. The fraction of sp³-hybridized carbons (Fsp3) is 0.381. The first-order chi connectivity index (χ1) is 11.9. The van der Waals surface area contributed by atoms with Crippen LogP contribution >= 0.6 is 0 Å². The molecule has 1 amide bonds. The third-order valence-corrected chi connectivity index (χ3v) is 4.44. The van der Waals surface area contributed by atoms with Crippen molar-refractivity contribution in [2.24, 2.45) is 0 Å². The van der Waals surface area contributed by atoms with Crippen molar-refractivity contribution < 1.29 is 14.3 Å². The molecule has 0 bridgehead atoms. The molecule has 1 N–H and O–H groups in total. The molecule has 0 aromatic heterocycles. The Labute approximate surface area is 150 Å². The quantitative estimate of drug-likeness (QED) is 0.778. The lowest BCUT2D eigenvalue weighted by atomic mass is 10.1. The first kappa shape index (κ1) is 18.8. The number of carbonyl (C=O) groups is 1. The van der Waals surface area contributed by atoms with Crippen molar-refractivity contribution in [2.75, 3.05) is 13.2 Å². The monoisotopic (exact) mass is 341 g/mol. The summed E-state index contributed by atoms with van der Waals surface area (Å²) in [4.78, 5) is 12.2. The average Bonchev–Trinajstić information content (AvgIpc) is 2.59. The number of ether oxygens (including phenoxy) is 2. The van der Waals surface area contributed by atoms with Crippen LogP contribution in [0.25, 0.3) is 0 Å². The molecule has 0 aliphatic rings. The second kappa shape index (κ2) is 8.56. The van der Waals surface area contributed by atoms with Crippen LogP contribution in [0.5, 0.6) is 11.5 Å². The summed E-state index contributed by atoms with van der Waals surface area (Å²) in [6.45, 7) is 10.7. The van der Waals surface area contributed by atoms with E-state index in [-0.39, 0.29) is 5.91 Å². The normalized spacial score (nSPS) is 11.7. The lowest BCUT2D eigenvalue weighted by Crippen LogP contribution is -2.38. The van der Waals surface area contributed by atoms with Gasteiger partial charge in [0, 0.05) is 0 Å². The van der Waals surface area contributed by atoms with Crippen molar-refractivity contribution in [1.29, 1.82) is 0 Å². The van der Waals surface area contributed by atoms with Crippen LogP contribution in [0, 0.1) is 27.7 Å². The summed E-state index contributed by atoms with van der Waals surface area (Å²) in [5.74, 6) is 1.45. The molecule has 0 heterocycles. The molecule has 4 nitrogen and oxygen atoms in total. The van der Waals surface area contributed by atoms with E-state index in [9.17, 15) is 4.79 Å². The Morgan fingerprint density at radius 3 is 2.16 bits per heavy atom. The van der Waals surface area contributed by atoms with Crippen molar-refractivity contribution in [3.63, 3.8) is 0 Å². The van der Waals surface area contributed by atoms with Gasteiger partial charge in [-0.1, -0.05) is 24.3 Å². The van der Waals surface area contributed by atoms with Crippen LogP contribution in [-0.4, -0.2) is 25.2 Å². The number of benzene rings is 2. The van der Waals surface area contributed by atoms with E-state index < -0.39 is 6.10 Å². The highest BCUT2D eigenvalue weighted by Gasteiger charge is 2.15. The molecule has 2 aromatic carbocycles. The van der Waals surface area contributed by atoms with Crippen LogP contribution in [-0.2, 0) is 4.79 Å². The summed E-state index contributed by atoms with van der Waals surface area (Å²) in [6, 6.07) is 11.8. The molecular formula is C21H27NO3. The Bertz CT molecular complexity index is 740. The highest BCUT2D eigenvalue weighted by atomic mass is 16.5. The van der Waals surface area contributed by atoms with E-state index in [1.165, 1.54) is 5.56 Å². The van der Waals surface area contributed by atoms with Gasteiger partial charge in [-0.25, -0.2) is 0 Å². The van der Waals surface area contributed by atoms with Crippen molar-refractivity contribution >= 4 is 5.91 Å². The maximum atomic E-state index is 12.2. The summed E-state index contributed by atoms with van der Waals surface area (Å²) in [5, 5.41) is 2.85. The molecule has 25 heavy (non-hydrogen) atoms. The molecule has 0 fully saturated rings. The first-order valence-corrected chi connectivity index (χ1v) is 8.59. The molecule has 0 unspecified atom stereocenters. The van der Waals surface area contributed by atoms with Crippen molar-refractivity contribution in [1.82, 2.24) is 5.32 Å². The third-order valence-electron chi connectivity index (χ3n) is 4.44. The summed E-state index contributed by atoms with van der Waals surface area (Å²) in [7, 11) is 0. The van der Waals surface area contributed by atoms with Crippen molar-refractivity contribution in [3.8, 4) is 11.5 Å². The van der Waals surface area contributed by atoms with Crippen LogP contribution < -0.4 is 14.8 Å². The zero-order valence-electron chi connectivity index (χ0n) is 15.7. The molecule has 2 aromatic rings. The molecule has 0 spiro atoms. The van der Waals surface area contributed by atoms with Gasteiger partial charge in [0.25, 0.3) is 5.91 Å². The second-order valence-electron chi connectivity index (χ2n) is 6.30. The van der Waals surface area contributed by atoms with Gasteiger partial charge in [-0.15, -0.1) is 0 Å². The highest BCUT2D eigenvalue weighted by Crippen LogP contribution is 2.22. The Hall–Kier alpha value is -2.49. The largest absolute Gasteiger partial charge is 0.491 e. The Balaban J connectivity index is 1.80. The van der Waals surface area contributed by atoms with E-state index in [0.717, 1.165) is 28.2 Å². The van der Waals surface area contributed by atoms with Gasteiger partial charge < -0.3 is 14.8 Å². The van der Waals surface area contributed by atoms with Gasteiger partial charge in [0.15, 0.2) is 6.10 Å². The van der Waals surface area contributed by atoms with Crippen LogP contribution in [0.2, 0.25) is 0 Å². The Morgan fingerprint density at radius 2 is 1.52 bits per heavy atom. The standard InChI is InChI=1S/C21H27NO3/c1-14-8-6-10-19(16(14)3)24-13-12-22-21(23)18(5)25-20-11-7-9-15(2)17(20)4/h6-11,18H,12-13H2,1-5H3,(H,22,23)/t18-/m0/s1. The van der Waals surface area contributed by atoms with Gasteiger partial charge in [-0.05, 0) is 69.0 Å².